The van der Waals surface area contributed by atoms with Gasteiger partial charge < -0.3 is 24.8 Å². The van der Waals surface area contributed by atoms with E-state index in [1.165, 1.54) is 12.1 Å². The molecule has 38 heavy (non-hydrogen) atoms. The van der Waals surface area contributed by atoms with Crippen molar-refractivity contribution in [1.29, 1.82) is 5.26 Å². The van der Waals surface area contributed by atoms with Crippen molar-refractivity contribution < 1.29 is 18.7 Å². The lowest BCUT2D eigenvalue weighted by Gasteiger charge is -2.34. The number of halogens is 1. The van der Waals surface area contributed by atoms with Gasteiger partial charge >= 0.3 is 12.1 Å². The Hall–Kier alpha value is -3.28. The summed E-state index contributed by atoms with van der Waals surface area (Å²) in [6.45, 7) is 18.8. The molecule has 3 amide bonds. The maximum absolute atomic E-state index is 13.9. The number of nitrogens with one attached hydrogen (secondary N) is 1. The minimum absolute atomic E-state index is 0.0650. The zero-order valence-electron chi connectivity index (χ0n) is 24.0. The first-order valence-corrected chi connectivity index (χ1v) is 13.6. The highest BCUT2D eigenvalue weighted by Crippen LogP contribution is 2.31. The molecule has 2 fully saturated rings. The third-order valence-corrected chi connectivity index (χ3v) is 6.80. The van der Waals surface area contributed by atoms with Crippen LogP contribution in [0.2, 0.25) is 0 Å². The smallest absolute Gasteiger partial charge is 0.408 e. The second-order valence-corrected chi connectivity index (χ2v) is 10.6. The van der Waals surface area contributed by atoms with Gasteiger partial charge in [-0.3, -0.25) is 0 Å². The molecular weight excluding hydrogens is 485 g/mol. The molecule has 1 N–H and O–H groups in total. The molecule has 8 nitrogen and oxygen atoms in total. The Morgan fingerprint density at radius 1 is 1.34 bits per heavy atom. The van der Waals surface area contributed by atoms with Crippen molar-refractivity contribution in [3.63, 3.8) is 0 Å². The summed E-state index contributed by atoms with van der Waals surface area (Å²) in [6, 6.07) is 7.11. The molecule has 0 spiro atoms. The highest BCUT2D eigenvalue weighted by molar-refractivity contribution is 5.78. The quantitative estimate of drug-likeness (QED) is 0.458. The fraction of sp³-hybridized carbons (Fsp3) is 0.621. The van der Waals surface area contributed by atoms with E-state index in [4.69, 9.17) is 4.74 Å². The van der Waals surface area contributed by atoms with Crippen molar-refractivity contribution in [2.45, 2.75) is 97.5 Å². The van der Waals surface area contributed by atoms with Gasteiger partial charge in [-0.05, 0) is 64.7 Å². The molecule has 0 bridgehead atoms. The number of rotatable bonds is 8. The molecule has 0 aromatic heterocycles. The third-order valence-electron chi connectivity index (χ3n) is 6.80. The minimum atomic E-state index is -0.688. The molecule has 3 rings (SSSR count). The van der Waals surface area contributed by atoms with Gasteiger partial charge in [0.25, 0.3) is 0 Å². The topological polar surface area (TPSA) is 88.9 Å². The highest BCUT2D eigenvalue weighted by atomic mass is 19.1. The summed E-state index contributed by atoms with van der Waals surface area (Å²) < 4.78 is 19.3. The summed E-state index contributed by atoms with van der Waals surface area (Å²) in [5, 5.41) is 12.5. The van der Waals surface area contributed by atoms with Gasteiger partial charge in [0.2, 0.25) is 0 Å². The van der Waals surface area contributed by atoms with E-state index in [2.05, 4.69) is 18.0 Å². The first kappa shape index (κ1) is 30.9. The summed E-state index contributed by atoms with van der Waals surface area (Å²) in [5.41, 5.74) is 0.625. The maximum atomic E-state index is 13.9. The molecule has 0 radical (unpaired) electrons. The molecule has 2 saturated heterocycles. The molecule has 9 heteroatoms. The lowest BCUT2D eigenvalue weighted by Crippen LogP contribution is -2.50. The molecule has 4 unspecified atom stereocenters. The number of amides is 3. The predicted octanol–water partition coefficient (Wildman–Crippen LogP) is 5.82. The lowest BCUT2D eigenvalue weighted by atomic mass is 10.0. The number of likely N-dealkylation sites (tertiary alicyclic amines) is 1. The summed E-state index contributed by atoms with van der Waals surface area (Å²) in [7, 11) is 0. The molecule has 1 aromatic carbocycles. The standard InChI is InChI=1S/C27H38FN5O3.C2H6/c1-7-22-16-31(26(35)33(22)18(2)20-10-8-11-21(28)14-20)17-24(30-25(34)36-27(4,5)6)19(3)32-13-9-12-23(32)15-29;1-2/h8,10-11,14,18,22-24H,3,7,9,12-13,16-17H2,1-2,4-6H3,(H,30,34);1-2H3. The number of ether oxygens (including phenoxy) is 1. The van der Waals surface area contributed by atoms with Crippen LogP contribution in [0.15, 0.2) is 36.5 Å². The van der Waals surface area contributed by atoms with Gasteiger partial charge in [-0.1, -0.05) is 39.5 Å². The van der Waals surface area contributed by atoms with Gasteiger partial charge in [-0.2, -0.15) is 5.26 Å². The van der Waals surface area contributed by atoms with Crippen LogP contribution in [0, 0.1) is 17.1 Å². The Labute approximate surface area is 227 Å². The van der Waals surface area contributed by atoms with E-state index >= 15 is 0 Å². The van der Waals surface area contributed by atoms with Gasteiger partial charge in [-0.25, -0.2) is 14.0 Å². The maximum Gasteiger partial charge on any atom is 0.408 e. The monoisotopic (exact) mass is 529 g/mol. The number of carbonyl (C=O) groups excluding carboxylic acids is 2. The molecule has 4 atom stereocenters. The Balaban J connectivity index is 0.00000247. The third kappa shape index (κ3) is 7.62. The lowest BCUT2D eigenvalue weighted by molar-refractivity contribution is 0.0497. The van der Waals surface area contributed by atoms with E-state index in [1.807, 2.05) is 38.7 Å². The molecule has 2 heterocycles. The first-order valence-electron chi connectivity index (χ1n) is 13.6. The number of hydrogen-bond acceptors (Lipinski definition) is 5. The van der Waals surface area contributed by atoms with Gasteiger partial charge in [0.1, 0.15) is 17.5 Å². The van der Waals surface area contributed by atoms with E-state index in [-0.39, 0.29) is 36.5 Å². The van der Waals surface area contributed by atoms with E-state index < -0.39 is 17.7 Å². The first-order chi connectivity index (χ1) is 17.9. The molecule has 1 aromatic rings. The van der Waals surface area contributed by atoms with Gasteiger partial charge in [0, 0.05) is 25.3 Å². The second-order valence-electron chi connectivity index (χ2n) is 10.6. The molecule has 2 aliphatic rings. The number of carbonyl (C=O) groups is 2. The van der Waals surface area contributed by atoms with E-state index in [1.54, 1.807) is 36.6 Å². The average Bonchev–Trinajstić information content (AvgIpc) is 3.47. The van der Waals surface area contributed by atoms with E-state index in [0.29, 0.717) is 18.8 Å². The van der Waals surface area contributed by atoms with Crippen molar-refractivity contribution >= 4 is 12.1 Å². The average molecular weight is 530 g/mol. The van der Waals surface area contributed by atoms with Crippen LogP contribution in [0.3, 0.4) is 0 Å². The van der Waals surface area contributed by atoms with E-state index in [9.17, 15) is 19.2 Å². The Morgan fingerprint density at radius 3 is 2.61 bits per heavy atom. The predicted molar refractivity (Wildman–Crippen MR) is 147 cm³/mol. The number of alkyl carbamates (subject to hydrolysis) is 1. The number of nitriles is 1. The number of hydrogen-bond donors (Lipinski definition) is 1. The van der Waals surface area contributed by atoms with Crippen molar-refractivity contribution in [1.82, 2.24) is 20.0 Å². The van der Waals surface area contributed by atoms with Crippen LogP contribution in [0.1, 0.15) is 79.3 Å². The molecule has 2 aliphatic heterocycles. The van der Waals surface area contributed by atoms with Crippen molar-refractivity contribution in [3.8, 4) is 6.07 Å². The van der Waals surface area contributed by atoms with Crippen LogP contribution in [-0.4, -0.2) is 70.2 Å². The fourth-order valence-corrected chi connectivity index (χ4v) is 4.98. The summed E-state index contributed by atoms with van der Waals surface area (Å²) in [4.78, 5) is 31.7. The largest absolute Gasteiger partial charge is 0.444 e. The van der Waals surface area contributed by atoms with Crippen LogP contribution >= 0.6 is 0 Å². The number of nitrogens with zero attached hydrogens (tertiary/aromatic N) is 4. The normalized spacial score (nSPS) is 20.8. The van der Waals surface area contributed by atoms with Crippen LogP contribution in [0.4, 0.5) is 14.0 Å². The zero-order chi connectivity index (χ0) is 28.6. The van der Waals surface area contributed by atoms with E-state index in [0.717, 1.165) is 24.8 Å². The second kappa shape index (κ2) is 13.5. The van der Waals surface area contributed by atoms with Gasteiger partial charge in [0.15, 0.2) is 0 Å². The summed E-state index contributed by atoms with van der Waals surface area (Å²) >= 11 is 0. The Kier molecular flexibility index (Phi) is 11.0. The van der Waals surface area contributed by atoms with Gasteiger partial charge in [-0.15, -0.1) is 0 Å². The van der Waals surface area contributed by atoms with Crippen LogP contribution < -0.4 is 5.32 Å². The minimum Gasteiger partial charge on any atom is -0.444 e. The Bertz CT molecular complexity index is 1020. The van der Waals surface area contributed by atoms with Crippen LogP contribution in [0.25, 0.3) is 0 Å². The zero-order valence-corrected chi connectivity index (χ0v) is 24.0. The molecule has 210 valence electrons. The number of benzene rings is 1. The summed E-state index contributed by atoms with van der Waals surface area (Å²) in [5.74, 6) is -0.341. The summed E-state index contributed by atoms with van der Waals surface area (Å²) in [6.07, 6.45) is 1.71. The molecule has 0 aliphatic carbocycles. The molecule has 0 saturated carbocycles. The fourth-order valence-electron chi connectivity index (χ4n) is 4.98. The van der Waals surface area contributed by atoms with Crippen LogP contribution in [-0.2, 0) is 4.74 Å². The van der Waals surface area contributed by atoms with Crippen molar-refractivity contribution in [2.24, 2.45) is 0 Å². The van der Waals surface area contributed by atoms with Crippen molar-refractivity contribution in [3.05, 3.63) is 47.9 Å². The van der Waals surface area contributed by atoms with Gasteiger partial charge in [0.05, 0.1) is 24.2 Å². The molecular formula is C29H44FN5O3. The SMILES string of the molecule is C=C(C(CN1CC(CC)N(C(C)c2cccc(F)c2)C1=O)NC(=O)OC(C)(C)C)N1CCCC1C#N.CC. The highest BCUT2D eigenvalue weighted by Gasteiger charge is 2.41. The van der Waals surface area contributed by atoms with Crippen LogP contribution in [0.5, 0.6) is 0 Å². The van der Waals surface area contributed by atoms with Crippen molar-refractivity contribution in [2.75, 3.05) is 19.6 Å². The Morgan fingerprint density at radius 2 is 2.03 bits per heavy atom. The number of urea groups is 1.